The van der Waals surface area contributed by atoms with Crippen LogP contribution in [-0.2, 0) is 6.42 Å². The molecule has 1 saturated carbocycles. The van der Waals surface area contributed by atoms with Crippen molar-refractivity contribution in [2.45, 2.75) is 78.1 Å². The lowest BCUT2D eigenvalue weighted by atomic mass is 9.68. The number of benzene rings is 2. The van der Waals surface area contributed by atoms with Crippen LogP contribution >= 0.6 is 0 Å². The minimum atomic E-state index is 0.550. The van der Waals surface area contributed by atoms with Crippen LogP contribution in [0.15, 0.2) is 49.0 Å². The van der Waals surface area contributed by atoms with Crippen molar-refractivity contribution in [1.29, 1.82) is 0 Å². The van der Waals surface area contributed by atoms with Crippen molar-refractivity contribution in [3.63, 3.8) is 0 Å². The lowest BCUT2D eigenvalue weighted by molar-refractivity contribution is 0.281. The van der Waals surface area contributed by atoms with Crippen molar-refractivity contribution in [3.05, 3.63) is 76.9 Å². The van der Waals surface area contributed by atoms with Crippen molar-refractivity contribution < 1.29 is 0 Å². The van der Waals surface area contributed by atoms with Crippen molar-refractivity contribution >= 4 is 5.57 Å². The summed E-state index contributed by atoms with van der Waals surface area (Å²) in [5, 5.41) is 0. The molecule has 0 nitrogen and oxygen atoms in total. The fourth-order valence-corrected chi connectivity index (χ4v) is 5.04. The molecule has 2 atom stereocenters. The average molecular weight is 361 g/mol. The Hall–Kier alpha value is -1.82. The van der Waals surface area contributed by atoms with Gasteiger partial charge >= 0.3 is 0 Å². The van der Waals surface area contributed by atoms with Gasteiger partial charge in [0.2, 0.25) is 0 Å². The lowest BCUT2D eigenvalue weighted by Crippen LogP contribution is -2.22. The molecule has 144 valence electrons. The van der Waals surface area contributed by atoms with Gasteiger partial charge < -0.3 is 0 Å². The van der Waals surface area contributed by atoms with E-state index in [-0.39, 0.29) is 0 Å². The number of hydrogen-bond donors (Lipinski definition) is 0. The molecular formula is C27H36. The highest BCUT2D eigenvalue weighted by Gasteiger charge is 2.31. The van der Waals surface area contributed by atoms with E-state index in [1.54, 1.807) is 5.56 Å². The molecule has 0 saturated heterocycles. The van der Waals surface area contributed by atoms with E-state index in [0.29, 0.717) is 11.8 Å². The summed E-state index contributed by atoms with van der Waals surface area (Å²) in [5.74, 6) is 1.96. The monoisotopic (exact) mass is 360 g/mol. The zero-order valence-corrected chi connectivity index (χ0v) is 17.7. The number of rotatable bonds is 6. The van der Waals surface area contributed by atoms with Crippen LogP contribution in [0.2, 0.25) is 0 Å². The molecule has 2 aromatic carbocycles. The normalized spacial score (nSPS) is 17.5. The Labute approximate surface area is 166 Å². The lowest BCUT2D eigenvalue weighted by Gasteiger charge is -2.36. The van der Waals surface area contributed by atoms with E-state index in [4.69, 9.17) is 0 Å². The summed E-state index contributed by atoms with van der Waals surface area (Å²) in [6, 6.07) is 16.3. The van der Waals surface area contributed by atoms with Crippen LogP contribution in [0.4, 0.5) is 0 Å². The molecule has 2 unspecified atom stereocenters. The molecule has 2 aromatic rings. The van der Waals surface area contributed by atoms with E-state index in [9.17, 15) is 0 Å². The zero-order chi connectivity index (χ0) is 19.4. The number of hydrogen-bond acceptors (Lipinski definition) is 0. The van der Waals surface area contributed by atoms with Crippen molar-refractivity contribution in [2.24, 2.45) is 5.92 Å². The van der Waals surface area contributed by atoms with Crippen molar-refractivity contribution in [3.8, 4) is 0 Å². The van der Waals surface area contributed by atoms with Gasteiger partial charge in [0.1, 0.15) is 0 Å². The molecule has 0 bridgehead atoms. The number of allylic oxidation sites excluding steroid dienone is 1. The smallest absolute Gasteiger partial charge is 0.00648 e. The van der Waals surface area contributed by atoms with Crippen LogP contribution < -0.4 is 0 Å². The van der Waals surface area contributed by atoms with E-state index in [2.05, 4.69) is 76.7 Å². The van der Waals surface area contributed by atoms with Gasteiger partial charge in [-0.15, -0.1) is 0 Å². The Morgan fingerprint density at radius 1 is 1.07 bits per heavy atom. The third-order valence-electron chi connectivity index (χ3n) is 6.70. The molecule has 0 heteroatoms. The molecule has 1 aliphatic rings. The topological polar surface area (TPSA) is 0 Å². The van der Waals surface area contributed by atoms with Gasteiger partial charge in [-0.25, -0.2) is 0 Å². The van der Waals surface area contributed by atoms with Gasteiger partial charge in [0.25, 0.3) is 0 Å². The third-order valence-corrected chi connectivity index (χ3v) is 6.70. The Kier molecular flexibility index (Phi) is 6.58. The van der Waals surface area contributed by atoms with Crippen LogP contribution in [0.3, 0.4) is 0 Å². The fraction of sp³-hybridized carbons (Fsp3) is 0.481. The summed E-state index contributed by atoms with van der Waals surface area (Å²) in [6.45, 7) is 13.2. The summed E-state index contributed by atoms with van der Waals surface area (Å²) in [7, 11) is 0. The van der Waals surface area contributed by atoms with Gasteiger partial charge in [-0.05, 0) is 78.7 Å². The molecule has 0 aliphatic heterocycles. The molecule has 0 heterocycles. The summed E-state index contributed by atoms with van der Waals surface area (Å²) < 4.78 is 0. The SMILES string of the molecule is C=C(C)c1ccc(C(C2CCCCC2)C(C)c2cccc(CC)c2)c(C)c1. The molecule has 0 spiro atoms. The van der Waals surface area contributed by atoms with Crippen LogP contribution in [0.1, 0.15) is 92.5 Å². The Bertz CT molecular complexity index is 776. The minimum Gasteiger partial charge on any atom is -0.0955 e. The first kappa shape index (κ1) is 19.9. The largest absolute Gasteiger partial charge is 0.0955 e. The maximum Gasteiger partial charge on any atom is -0.00648 e. The highest BCUT2D eigenvalue weighted by Crippen LogP contribution is 2.45. The van der Waals surface area contributed by atoms with Gasteiger partial charge in [-0.2, -0.15) is 0 Å². The predicted molar refractivity (Wildman–Crippen MR) is 119 cm³/mol. The van der Waals surface area contributed by atoms with Gasteiger partial charge in [0.05, 0.1) is 0 Å². The average Bonchev–Trinajstić information content (AvgIpc) is 2.70. The highest BCUT2D eigenvalue weighted by atomic mass is 14.4. The second-order valence-corrected chi connectivity index (χ2v) is 8.66. The Morgan fingerprint density at radius 2 is 1.81 bits per heavy atom. The van der Waals surface area contributed by atoms with Crippen LogP contribution in [0.5, 0.6) is 0 Å². The first-order valence-electron chi connectivity index (χ1n) is 10.9. The van der Waals surface area contributed by atoms with E-state index >= 15 is 0 Å². The maximum absolute atomic E-state index is 4.13. The second-order valence-electron chi connectivity index (χ2n) is 8.66. The van der Waals surface area contributed by atoms with Crippen LogP contribution in [-0.4, -0.2) is 0 Å². The van der Waals surface area contributed by atoms with Gasteiger partial charge in [0.15, 0.2) is 0 Å². The molecule has 27 heavy (non-hydrogen) atoms. The third kappa shape index (κ3) is 4.54. The molecule has 0 aromatic heterocycles. The molecule has 3 rings (SSSR count). The summed E-state index contributed by atoms with van der Waals surface area (Å²) >= 11 is 0. The first-order chi connectivity index (χ1) is 13.0. The highest BCUT2D eigenvalue weighted by molar-refractivity contribution is 5.62. The van der Waals surface area contributed by atoms with Gasteiger partial charge in [-0.3, -0.25) is 0 Å². The molecule has 0 radical (unpaired) electrons. The minimum absolute atomic E-state index is 0.550. The fourth-order valence-electron chi connectivity index (χ4n) is 5.04. The van der Waals surface area contributed by atoms with E-state index in [1.165, 1.54) is 54.4 Å². The van der Waals surface area contributed by atoms with Gasteiger partial charge in [-0.1, -0.05) is 87.7 Å². The predicted octanol–water partition coefficient (Wildman–Crippen LogP) is 8.06. The van der Waals surface area contributed by atoms with E-state index in [0.717, 1.165) is 17.9 Å². The molecular weight excluding hydrogens is 324 g/mol. The summed E-state index contributed by atoms with van der Waals surface area (Å²) in [5.41, 5.74) is 8.39. The van der Waals surface area contributed by atoms with E-state index < -0.39 is 0 Å². The molecule has 1 fully saturated rings. The maximum atomic E-state index is 4.13. The van der Waals surface area contributed by atoms with Crippen LogP contribution in [0.25, 0.3) is 5.57 Å². The summed E-state index contributed by atoms with van der Waals surface area (Å²) in [6.07, 6.45) is 8.07. The van der Waals surface area contributed by atoms with Gasteiger partial charge in [0, 0.05) is 0 Å². The first-order valence-corrected chi connectivity index (χ1v) is 10.9. The second kappa shape index (κ2) is 8.91. The van der Waals surface area contributed by atoms with E-state index in [1.807, 2.05) is 0 Å². The van der Waals surface area contributed by atoms with Crippen molar-refractivity contribution in [2.75, 3.05) is 0 Å². The quantitative estimate of drug-likeness (QED) is 0.488. The Balaban J connectivity index is 2.01. The van der Waals surface area contributed by atoms with Crippen molar-refractivity contribution in [1.82, 2.24) is 0 Å². The van der Waals surface area contributed by atoms with Crippen LogP contribution in [0, 0.1) is 12.8 Å². The molecule has 0 amide bonds. The standard InChI is InChI=1S/C27H36/c1-6-22-11-10-14-25(18-22)21(5)27(23-12-8-7-9-13-23)26-16-15-24(19(2)3)17-20(26)4/h10-11,14-18,21,23,27H,2,6-9,12-13H2,1,3-5H3. The number of aryl methyl sites for hydroxylation is 2. The summed E-state index contributed by atoms with van der Waals surface area (Å²) in [4.78, 5) is 0. The Morgan fingerprint density at radius 3 is 2.44 bits per heavy atom. The zero-order valence-electron chi connectivity index (χ0n) is 17.7. The molecule has 0 N–H and O–H groups in total. The molecule has 1 aliphatic carbocycles.